The van der Waals surface area contributed by atoms with Gasteiger partial charge in [-0.2, -0.15) is 0 Å². The second-order valence-corrected chi connectivity index (χ2v) is 5.12. The minimum Gasteiger partial charge on any atom is -0.465 e. The maximum Gasteiger partial charge on any atom is 0.338 e. The normalized spacial score (nSPS) is 12.3. The molecule has 0 aliphatic rings. The van der Waals surface area contributed by atoms with E-state index < -0.39 is 6.10 Å². The van der Waals surface area contributed by atoms with Crippen molar-refractivity contribution < 1.29 is 14.6 Å². The minimum absolute atomic E-state index is 0.355. The molecular formula is C18H17NO3. The Morgan fingerprint density at radius 2 is 1.91 bits per heavy atom. The molecule has 4 nitrogen and oxygen atoms in total. The number of fused-ring (bicyclic) bond motifs is 1. The number of methoxy groups -OCH3 is 1. The summed E-state index contributed by atoms with van der Waals surface area (Å²) in [6.07, 6.45) is 1.28. The predicted molar refractivity (Wildman–Crippen MR) is 84.7 cm³/mol. The molecule has 0 fully saturated rings. The summed E-state index contributed by atoms with van der Waals surface area (Å²) >= 11 is 0. The number of ether oxygens (including phenoxy) is 1. The lowest BCUT2D eigenvalue weighted by Crippen LogP contribution is -2.08. The highest BCUT2D eigenvalue weighted by Crippen LogP contribution is 2.23. The Kier molecular flexibility index (Phi) is 3.94. The summed E-state index contributed by atoms with van der Waals surface area (Å²) in [6.45, 7) is 0.429. The standard InChI is InChI=1S/C18H17NO3/c1-22-18(21)15-8-5-9-16-14(15)10-11-19(16)12-17(20)13-6-3-2-4-7-13/h2-11,17,20H,12H2,1H3. The molecule has 1 aromatic heterocycles. The van der Waals surface area contributed by atoms with Crippen LogP contribution in [0.1, 0.15) is 22.0 Å². The van der Waals surface area contributed by atoms with Gasteiger partial charge < -0.3 is 14.4 Å². The second kappa shape index (κ2) is 6.03. The summed E-state index contributed by atoms with van der Waals surface area (Å²) < 4.78 is 6.75. The lowest BCUT2D eigenvalue weighted by Gasteiger charge is -2.13. The van der Waals surface area contributed by atoms with Crippen LogP contribution in [-0.2, 0) is 11.3 Å². The fraction of sp³-hybridized carbons (Fsp3) is 0.167. The highest BCUT2D eigenvalue weighted by atomic mass is 16.5. The van der Waals surface area contributed by atoms with Gasteiger partial charge >= 0.3 is 5.97 Å². The Balaban J connectivity index is 1.94. The van der Waals surface area contributed by atoms with E-state index in [1.807, 2.05) is 59.3 Å². The summed E-state index contributed by atoms with van der Waals surface area (Å²) in [4.78, 5) is 11.8. The molecule has 22 heavy (non-hydrogen) atoms. The van der Waals surface area contributed by atoms with Crippen molar-refractivity contribution in [2.75, 3.05) is 7.11 Å². The van der Waals surface area contributed by atoms with E-state index in [9.17, 15) is 9.90 Å². The molecule has 1 atom stereocenters. The molecule has 0 aliphatic carbocycles. The number of aliphatic hydroxyl groups is 1. The summed E-state index contributed by atoms with van der Waals surface area (Å²) in [6, 6.07) is 16.9. The molecule has 0 aliphatic heterocycles. The van der Waals surface area contributed by atoms with Crippen LogP contribution in [-0.4, -0.2) is 22.8 Å². The fourth-order valence-corrected chi connectivity index (χ4v) is 2.64. The minimum atomic E-state index is -0.599. The van der Waals surface area contributed by atoms with E-state index >= 15 is 0 Å². The Hall–Kier alpha value is -2.59. The monoisotopic (exact) mass is 295 g/mol. The van der Waals surface area contributed by atoms with Crippen molar-refractivity contribution in [3.05, 3.63) is 71.9 Å². The predicted octanol–water partition coefficient (Wildman–Crippen LogP) is 3.16. The van der Waals surface area contributed by atoms with Crippen LogP contribution in [0.4, 0.5) is 0 Å². The molecule has 0 bridgehead atoms. The third kappa shape index (κ3) is 2.61. The number of rotatable bonds is 4. The van der Waals surface area contributed by atoms with E-state index in [1.54, 1.807) is 6.07 Å². The molecule has 3 rings (SSSR count). The number of aromatic nitrogens is 1. The lowest BCUT2D eigenvalue weighted by atomic mass is 10.1. The zero-order valence-corrected chi connectivity index (χ0v) is 12.3. The van der Waals surface area contributed by atoms with E-state index in [4.69, 9.17) is 4.74 Å². The number of benzene rings is 2. The van der Waals surface area contributed by atoms with Crippen LogP contribution in [0.15, 0.2) is 60.8 Å². The van der Waals surface area contributed by atoms with Crippen molar-refractivity contribution >= 4 is 16.9 Å². The highest BCUT2D eigenvalue weighted by Gasteiger charge is 2.14. The number of esters is 1. The van der Waals surface area contributed by atoms with Crippen LogP contribution in [0.2, 0.25) is 0 Å². The van der Waals surface area contributed by atoms with Gasteiger partial charge in [-0.1, -0.05) is 36.4 Å². The summed E-state index contributed by atoms with van der Waals surface area (Å²) in [5.74, 6) is -0.355. The quantitative estimate of drug-likeness (QED) is 0.752. The smallest absolute Gasteiger partial charge is 0.338 e. The SMILES string of the molecule is COC(=O)c1cccc2c1ccn2CC(O)c1ccccc1. The molecular weight excluding hydrogens is 278 g/mol. The molecule has 1 heterocycles. The second-order valence-electron chi connectivity index (χ2n) is 5.12. The Bertz CT molecular complexity index is 792. The molecule has 4 heteroatoms. The van der Waals surface area contributed by atoms with Gasteiger partial charge in [0.15, 0.2) is 0 Å². The summed E-state index contributed by atoms with van der Waals surface area (Å²) in [5, 5.41) is 11.2. The number of aliphatic hydroxyl groups excluding tert-OH is 1. The maximum absolute atomic E-state index is 11.8. The van der Waals surface area contributed by atoms with Crippen LogP contribution in [0, 0.1) is 0 Å². The highest BCUT2D eigenvalue weighted by molar-refractivity contribution is 6.03. The molecule has 3 aromatic rings. The molecule has 0 spiro atoms. The zero-order chi connectivity index (χ0) is 15.5. The average molecular weight is 295 g/mol. The van der Waals surface area contributed by atoms with Crippen molar-refractivity contribution in [2.45, 2.75) is 12.6 Å². The molecule has 0 saturated carbocycles. The third-order valence-electron chi connectivity index (χ3n) is 3.77. The first kappa shape index (κ1) is 14.4. The van der Waals surface area contributed by atoms with Crippen molar-refractivity contribution in [3.63, 3.8) is 0 Å². The van der Waals surface area contributed by atoms with Crippen molar-refractivity contribution in [1.82, 2.24) is 4.57 Å². The molecule has 0 amide bonds. The molecule has 112 valence electrons. The lowest BCUT2D eigenvalue weighted by molar-refractivity contribution is 0.0603. The van der Waals surface area contributed by atoms with Crippen molar-refractivity contribution in [2.24, 2.45) is 0 Å². The topological polar surface area (TPSA) is 51.5 Å². The number of carbonyl (C=O) groups excluding carboxylic acids is 1. The fourth-order valence-electron chi connectivity index (χ4n) is 2.64. The number of hydrogen-bond donors (Lipinski definition) is 1. The summed E-state index contributed by atoms with van der Waals surface area (Å²) in [7, 11) is 1.37. The van der Waals surface area contributed by atoms with Gasteiger partial charge in [0.05, 0.1) is 25.3 Å². The molecule has 1 N–H and O–H groups in total. The van der Waals surface area contributed by atoms with Crippen LogP contribution >= 0.6 is 0 Å². The van der Waals surface area contributed by atoms with Gasteiger partial charge in [0.25, 0.3) is 0 Å². The van der Waals surface area contributed by atoms with Gasteiger partial charge in [-0.3, -0.25) is 0 Å². The molecule has 0 saturated heterocycles. The van der Waals surface area contributed by atoms with Gasteiger partial charge in [0.1, 0.15) is 0 Å². The van der Waals surface area contributed by atoms with Crippen LogP contribution < -0.4 is 0 Å². The van der Waals surface area contributed by atoms with E-state index in [1.165, 1.54) is 7.11 Å². The van der Waals surface area contributed by atoms with E-state index in [0.717, 1.165) is 16.5 Å². The van der Waals surface area contributed by atoms with Gasteiger partial charge in [0, 0.05) is 17.1 Å². The Morgan fingerprint density at radius 1 is 1.14 bits per heavy atom. The number of nitrogens with zero attached hydrogens (tertiary/aromatic N) is 1. The number of carbonyl (C=O) groups is 1. The van der Waals surface area contributed by atoms with Crippen molar-refractivity contribution in [3.8, 4) is 0 Å². The largest absolute Gasteiger partial charge is 0.465 e. The van der Waals surface area contributed by atoms with Gasteiger partial charge in [-0.05, 0) is 23.8 Å². The van der Waals surface area contributed by atoms with E-state index in [-0.39, 0.29) is 5.97 Å². The Labute approximate surface area is 128 Å². The zero-order valence-electron chi connectivity index (χ0n) is 12.3. The van der Waals surface area contributed by atoms with Crippen LogP contribution in [0.3, 0.4) is 0 Å². The summed E-state index contributed by atoms with van der Waals surface area (Å²) in [5.41, 5.74) is 2.30. The first-order valence-electron chi connectivity index (χ1n) is 7.10. The van der Waals surface area contributed by atoms with Gasteiger partial charge in [-0.15, -0.1) is 0 Å². The van der Waals surface area contributed by atoms with Crippen molar-refractivity contribution in [1.29, 1.82) is 0 Å². The number of hydrogen-bond acceptors (Lipinski definition) is 3. The van der Waals surface area contributed by atoms with Crippen LogP contribution in [0.25, 0.3) is 10.9 Å². The molecule has 0 radical (unpaired) electrons. The molecule has 1 unspecified atom stereocenters. The van der Waals surface area contributed by atoms with Gasteiger partial charge in [0.2, 0.25) is 0 Å². The molecule has 2 aromatic carbocycles. The van der Waals surface area contributed by atoms with Crippen LogP contribution in [0.5, 0.6) is 0 Å². The van der Waals surface area contributed by atoms with E-state index in [2.05, 4.69) is 0 Å². The maximum atomic E-state index is 11.8. The first-order chi connectivity index (χ1) is 10.7. The average Bonchev–Trinajstić information content (AvgIpc) is 2.98. The first-order valence-corrected chi connectivity index (χ1v) is 7.10. The van der Waals surface area contributed by atoms with Gasteiger partial charge in [-0.25, -0.2) is 4.79 Å². The Morgan fingerprint density at radius 3 is 2.64 bits per heavy atom. The third-order valence-corrected chi connectivity index (χ3v) is 3.77. The van der Waals surface area contributed by atoms with E-state index in [0.29, 0.717) is 12.1 Å².